The van der Waals surface area contributed by atoms with Crippen molar-refractivity contribution in [3.05, 3.63) is 53.7 Å². The summed E-state index contributed by atoms with van der Waals surface area (Å²) in [6.45, 7) is 2.39. The first-order valence-electron chi connectivity index (χ1n) is 11.5. The van der Waals surface area contributed by atoms with E-state index in [1.54, 1.807) is 24.3 Å². The Labute approximate surface area is 196 Å². The summed E-state index contributed by atoms with van der Waals surface area (Å²) in [5.74, 6) is 0.0852. The molecule has 34 heavy (non-hydrogen) atoms. The zero-order valence-electron chi connectivity index (χ0n) is 18.8. The first kappa shape index (κ1) is 24.0. The molecule has 4 rings (SSSR count). The lowest BCUT2D eigenvalue weighted by molar-refractivity contribution is -0.137. The molecule has 0 spiro atoms. The number of halogens is 3. The van der Waals surface area contributed by atoms with Crippen molar-refractivity contribution in [3.8, 4) is 0 Å². The van der Waals surface area contributed by atoms with E-state index >= 15 is 0 Å². The summed E-state index contributed by atoms with van der Waals surface area (Å²) in [6, 6.07) is 9.56. The smallest absolute Gasteiger partial charge is 0.354 e. The second-order valence-corrected chi connectivity index (χ2v) is 8.71. The molecule has 1 saturated heterocycles. The Morgan fingerprint density at radius 2 is 1.71 bits per heavy atom. The number of carbonyl (C=O) groups excluding carboxylic acids is 2. The number of anilines is 2. The van der Waals surface area contributed by atoms with E-state index in [4.69, 9.17) is 0 Å². The number of pyridine rings is 1. The highest BCUT2D eigenvalue weighted by atomic mass is 19.4. The quantitative estimate of drug-likeness (QED) is 0.669. The van der Waals surface area contributed by atoms with Crippen molar-refractivity contribution in [2.75, 3.05) is 42.9 Å². The lowest BCUT2D eigenvalue weighted by Crippen LogP contribution is -2.49. The molecule has 2 aliphatic rings. The molecule has 2 fully saturated rings. The number of para-hydroxylation sites is 1. The van der Waals surface area contributed by atoms with E-state index in [9.17, 15) is 22.8 Å². The molecule has 0 atom stereocenters. The molecule has 2 aromatic rings. The molecule has 1 aliphatic carbocycles. The molecule has 2 N–H and O–H groups in total. The number of alkyl halides is 3. The van der Waals surface area contributed by atoms with Crippen LogP contribution in [-0.2, 0) is 11.0 Å². The number of nitrogens with zero attached hydrogens (tertiary/aromatic N) is 3. The molecule has 2 heterocycles. The van der Waals surface area contributed by atoms with Gasteiger partial charge in [-0.05, 0) is 37.1 Å². The fourth-order valence-corrected chi connectivity index (χ4v) is 4.39. The van der Waals surface area contributed by atoms with Crippen LogP contribution in [0.1, 0.15) is 41.6 Å². The maximum Gasteiger partial charge on any atom is 0.417 e. The minimum atomic E-state index is -4.41. The molecule has 7 nitrogen and oxygen atoms in total. The van der Waals surface area contributed by atoms with E-state index in [1.165, 1.54) is 6.07 Å². The molecule has 0 radical (unpaired) electrons. The Morgan fingerprint density at radius 3 is 2.35 bits per heavy atom. The largest absolute Gasteiger partial charge is 0.417 e. The van der Waals surface area contributed by atoms with Crippen molar-refractivity contribution < 1.29 is 22.8 Å². The van der Waals surface area contributed by atoms with E-state index in [-0.39, 0.29) is 24.4 Å². The predicted molar refractivity (Wildman–Crippen MR) is 123 cm³/mol. The highest BCUT2D eigenvalue weighted by Crippen LogP contribution is 2.29. The fraction of sp³-hybridized carbons (Fsp3) is 0.458. The molecule has 1 saturated carbocycles. The summed E-state index contributed by atoms with van der Waals surface area (Å²) in [7, 11) is 0. The van der Waals surface area contributed by atoms with Crippen LogP contribution in [0.4, 0.5) is 24.7 Å². The molecule has 0 bridgehead atoms. The van der Waals surface area contributed by atoms with Gasteiger partial charge in [0.2, 0.25) is 5.91 Å². The van der Waals surface area contributed by atoms with E-state index in [0.717, 1.165) is 37.9 Å². The van der Waals surface area contributed by atoms with Gasteiger partial charge in [-0.15, -0.1) is 0 Å². The molecule has 182 valence electrons. The molecular weight excluding hydrogens is 447 g/mol. The van der Waals surface area contributed by atoms with Crippen LogP contribution in [0, 0.1) is 0 Å². The van der Waals surface area contributed by atoms with Crippen LogP contribution in [0.5, 0.6) is 0 Å². The second-order valence-electron chi connectivity index (χ2n) is 8.71. The monoisotopic (exact) mass is 475 g/mol. The van der Waals surface area contributed by atoms with Crippen LogP contribution in [-0.4, -0.2) is 60.5 Å². The number of hydrogen-bond acceptors (Lipinski definition) is 5. The number of nitrogens with one attached hydrogen (secondary N) is 2. The van der Waals surface area contributed by atoms with E-state index in [0.29, 0.717) is 43.2 Å². The standard InChI is InChI=1S/C24H28F3N5O2/c25-24(26,27)17-9-10-21(28-15-17)32-13-11-31(12-14-32)16-22(33)30-20-8-4-3-7-19(20)23(34)29-18-5-1-2-6-18/h3-4,7-10,15,18H,1-2,5-6,11-14,16H2,(H,29,34)(H,30,33). The molecule has 1 aromatic heterocycles. The Bertz CT molecular complexity index is 998. The van der Waals surface area contributed by atoms with Gasteiger partial charge in [-0.1, -0.05) is 25.0 Å². The summed E-state index contributed by atoms with van der Waals surface area (Å²) in [6.07, 6.45) is 0.627. The highest BCUT2D eigenvalue weighted by molar-refractivity contribution is 6.04. The summed E-state index contributed by atoms with van der Waals surface area (Å²) < 4.78 is 38.2. The van der Waals surface area contributed by atoms with Crippen LogP contribution in [0.2, 0.25) is 0 Å². The van der Waals surface area contributed by atoms with Gasteiger partial charge in [-0.3, -0.25) is 14.5 Å². The number of benzene rings is 1. The Morgan fingerprint density at radius 1 is 1.00 bits per heavy atom. The minimum absolute atomic E-state index is 0.160. The highest BCUT2D eigenvalue weighted by Gasteiger charge is 2.31. The SMILES string of the molecule is O=C(CN1CCN(c2ccc(C(F)(F)F)cn2)CC1)Nc1ccccc1C(=O)NC1CCCC1. The van der Waals surface area contributed by atoms with E-state index in [1.807, 2.05) is 9.80 Å². The molecule has 1 aliphatic heterocycles. The third-order valence-corrected chi connectivity index (χ3v) is 6.27. The topological polar surface area (TPSA) is 77.6 Å². The predicted octanol–water partition coefficient (Wildman–Crippen LogP) is 3.53. The second kappa shape index (κ2) is 10.4. The number of piperazine rings is 1. The summed E-state index contributed by atoms with van der Waals surface area (Å²) in [5.41, 5.74) is 0.153. The molecule has 2 amide bonds. The minimum Gasteiger partial charge on any atom is -0.354 e. The molecule has 0 unspecified atom stereocenters. The van der Waals surface area contributed by atoms with E-state index in [2.05, 4.69) is 15.6 Å². The number of rotatable bonds is 6. The molecule has 10 heteroatoms. The van der Waals surface area contributed by atoms with Crippen LogP contribution < -0.4 is 15.5 Å². The van der Waals surface area contributed by atoms with Gasteiger partial charge in [0.25, 0.3) is 5.91 Å². The number of aromatic nitrogens is 1. The zero-order chi connectivity index (χ0) is 24.1. The van der Waals surface area contributed by atoms with Gasteiger partial charge in [0.05, 0.1) is 23.4 Å². The van der Waals surface area contributed by atoms with Crippen LogP contribution in [0.3, 0.4) is 0 Å². The lowest BCUT2D eigenvalue weighted by atomic mass is 10.1. The van der Waals surface area contributed by atoms with Crippen LogP contribution in [0.15, 0.2) is 42.6 Å². The fourth-order valence-electron chi connectivity index (χ4n) is 4.39. The summed E-state index contributed by atoms with van der Waals surface area (Å²) in [4.78, 5) is 33.2. The van der Waals surface area contributed by atoms with Crippen molar-refractivity contribution in [1.29, 1.82) is 0 Å². The van der Waals surface area contributed by atoms with Gasteiger partial charge in [0.15, 0.2) is 0 Å². The van der Waals surface area contributed by atoms with Gasteiger partial charge in [-0.2, -0.15) is 13.2 Å². The van der Waals surface area contributed by atoms with Gasteiger partial charge >= 0.3 is 6.18 Å². The first-order valence-corrected chi connectivity index (χ1v) is 11.5. The van der Waals surface area contributed by atoms with Crippen LogP contribution >= 0.6 is 0 Å². The maximum absolute atomic E-state index is 12.7. The lowest BCUT2D eigenvalue weighted by Gasteiger charge is -2.35. The third-order valence-electron chi connectivity index (χ3n) is 6.27. The van der Waals surface area contributed by atoms with Gasteiger partial charge in [0, 0.05) is 38.4 Å². The van der Waals surface area contributed by atoms with Crippen LogP contribution in [0.25, 0.3) is 0 Å². The van der Waals surface area contributed by atoms with Crippen molar-refractivity contribution in [3.63, 3.8) is 0 Å². The summed E-state index contributed by atoms with van der Waals surface area (Å²) >= 11 is 0. The number of hydrogen-bond donors (Lipinski definition) is 2. The van der Waals surface area contributed by atoms with E-state index < -0.39 is 11.7 Å². The maximum atomic E-state index is 12.7. The summed E-state index contributed by atoms with van der Waals surface area (Å²) in [5, 5.41) is 5.90. The Kier molecular flexibility index (Phi) is 7.35. The molecular formula is C24H28F3N5O2. The number of carbonyl (C=O) groups is 2. The van der Waals surface area contributed by atoms with Gasteiger partial charge in [0.1, 0.15) is 5.82 Å². The molecule has 1 aromatic carbocycles. The number of amides is 2. The van der Waals surface area contributed by atoms with Gasteiger partial charge in [-0.25, -0.2) is 4.98 Å². The third kappa shape index (κ3) is 6.05. The van der Waals surface area contributed by atoms with Crippen molar-refractivity contribution >= 4 is 23.3 Å². The first-order chi connectivity index (χ1) is 16.3. The normalized spacial score (nSPS) is 17.6. The van der Waals surface area contributed by atoms with Gasteiger partial charge < -0.3 is 15.5 Å². The average Bonchev–Trinajstić information content (AvgIpc) is 3.32. The van der Waals surface area contributed by atoms with Crippen molar-refractivity contribution in [1.82, 2.24) is 15.2 Å². The van der Waals surface area contributed by atoms with Crippen molar-refractivity contribution in [2.24, 2.45) is 0 Å². The van der Waals surface area contributed by atoms with Crippen molar-refractivity contribution in [2.45, 2.75) is 37.9 Å². The Balaban J connectivity index is 1.28. The average molecular weight is 476 g/mol. The Hall–Kier alpha value is -3.14. The zero-order valence-corrected chi connectivity index (χ0v) is 18.8.